The van der Waals surface area contributed by atoms with Crippen LogP contribution >= 0.6 is 11.3 Å². The maximum Gasteiger partial charge on any atom is 0.264 e. The average molecular weight is 289 g/mol. The lowest BCUT2D eigenvalue weighted by Gasteiger charge is -2.32. The van der Waals surface area contributed by atoms with Crippen molar-refractivity contribution in [3.8, 4) is 0 Å². The first-order valence-electron chi connectivity index (χ1n) is 6.44. The molecule has 3 N–H and O–H groups in total. The smallest absolute Gasteiger partial charge is 0.264 e. The fourth-order valence-electron chi connectivity index (χ4n) is 2.37. The lowest BCUT2D eigenvalue weighted by molar-refractivity contribution is -0.127. The van der Waals surface area contributed by atoms with E-state index in [0.717, 1.165) is 10.1 Å². The second kappa shape index (κ2) is 4.79. The highest BCUT2D eigenvalue weighted by Crippen LogP contribution is 2.28. The van der Waals surface area contributed by atoms with E-state index in [1.54, 1.807) is 11.8 Å². The van der Waals surface area contributed by atoms with Crippen molar-refractivity contribution < 1.29 is 9.59 Å². The molecule has 104 valence electrons. The molecular weight excluding hydrogens is 274 g/mol. The normalized spacial score (nSPS) is 19.1. The predicted molar refractivity (Wildman–Crippen MR) is 79.7 cm³/mol. The van der Waals surface area contributed by atoms with Gasteiger partial charge in [0.15, 0.2) is 0 Å². The van der Waals surface area contributed by atoms with E-state index in [2.05, 4.69) is 5.32 Å². The zero-order chi connectivity index (χ0) is 14.3. The molecular formula is C14H15N3O2S. The van der Waals surface area contributed by atoms with E-state index in [0.29, 0.717) is 23.7 Å². The van der Waals surface area contributed by atoms with E-state index < -0.39 is 6.04 Å². The molecule has 0 aliphatic carbocycles. The topological polar surface area (TPSA) is 75.4 Å². The van der Waals surface area contributed by atoms with Crippen molar-refractivity contribution in [1.82, 2.24) is 10.2 Å². The lowest BCUT2D eigenvalue weighted by Crippen LogP contribution is -2.55. The van der Waals surface area contributed by atoms with Gasteiger partial charge in [0.05, 0.1) is 4.88 Å². The van der Waals surface area contributed by atoms with Crippen LogP contribution in [0.2, 0.25) is 0 Å². The van der Waals surface area contributed by atoms with Crippen LogP contribution in [0.3, 0.4) is 0 Å². The summed E-state index contributed by atoms with van der Waals surface area (Å²) in [6, 6.07) is 7.02. The number of amides is 2. The summed E-state index contributed by atoms with van der Waals surface area (Å²) in [5.41, 5.74) is 6.43. The standard InChI is InChI=1S/C14H15N3O2S/c1-8-13(18)16-4-5-17(8)14(19)12-7-9-6-10(15)2-3-11(9)20-12/h2-3,6-8H,4-5,15H2,1H3,(H,16,18). The minimum Gasteiger partial charge on any atom is -0.399 e. The highest BCUT2D eigenvalue weighted by molar-refractivity contribution is 7.20. The number of nitrogens with zero attached hydrogens (tertiary/aromatic N) is 1. The zero-order valence-electron chi connectivity index (χ0n) is 11.1. The summed E-state index contributed by atoms with van der Waals surface area (Å²) >= 11 is 1.43. The molecule has 1 aromatic carbocycles. The second-order valence-electron chi connectivity index (χ2n) is 4.87. The van der Waals surface area contributed by atoms with Gasteiger partial charge in [-0.3, -0.25) is 9.59 Å². The van der Waals surface area contributed by atoms with Crippen molar-refractivity contribution in [3.05, 3.63) is 29.1 Å². The number of carbonyl (C=O) groups excluding carboxylic acids is 2. The van der Waals surface area contributed by atoms with Crippen LogP contribution in [-0.2, 0) is 4.79 Å². The van der Waals surface area contributed by atoms with E-state index in [9.17, 15) is 9.59 Å². The molecule has 0 radical (unpaired) electrons. The molecule has 1 atom stereocenters. The largest absolute Gasteiger partial charge is 0.399 e. The fraction of sp³-hybridized carbons (Fsp3) is 0.286. The summed E-state index contributed by atoms with van der Waals surface area (Å²) in [7, 11) is 0. The van der Waals surface area contributed by atoms with E-state index >= 15 is 0 Å². The zero-order valence-corrected chi connectivity index (χ0v) is 11.9. The fourth-order valence-corrected chi connectivity index (χ4v) is 3.37. The van der Waals surface area contributed by atoms with E-state index in [1.165, 1.54) is 11.3 Å². The van der Waals surface area contributed by atoms with Gasteiger partial charge in [0.1, 0.15) is 6.04 Å². The van der Waals surface area contributed by atoms with E-state index in [1.807, 2.05) is 24.3 Å². The first-order chi connectivity index (χ1) is 9.56. The van der Waals surface area contributed by atoms with Gasteiger partial charge >= 0.3 is 0 Å². The van der Waals surface area contributed by atoms with Gasteiger partial charge in [-0.25, -0.2) is 0 Å². The first kappa shape index (κ1) is 12.9. The molecule has 1 aromatic heterocycles. The number of anilines is 1. The quantitative estimate of drug-likeness (QED) is 0.780. The molecule has 1 aliphatic rings. The summed E-state index contributed by atoms with van der Waals surface area (Å²) in [6.07, 6.45) is 0. The molecule has 6 heteroatoms. The van der Waals surface area contributed by atoms with E-state index in [4.69, 9.17) is 5.73 Å². The van der Waals surface area contributed by atoms with Crippen LogP contribution < -0.4 is 11.1 Å². The van der Waals surface area contributed by atoms with Crippen LogP contribution in [0, 0.1) is 0 Å². The number of hydrogen-bond donors (Lipinski definition) is 2. The third-order valence-electron chi connectivity index (χ3n) is 3.51. The molecule has 1 fully saturated rings. The number of fused-ring (bicyclic) bond motifs is 1. The third-order valence-corrected chi connectivity index (χ3v) is 4.61. The number of piperazine rings is 1. The summed E-state index contributed by atoms with van der Waals surface area (Å²) in [6.45, 7) is 2.80. The van der Waals surface area contributed by atoms with Gasteiger partial charge in [-0.15, -0.1) is 11.3 Å². The number of thiophene rings is 1. The molecule has 1 aliphatic heterocycles. The summed E-state index contributed by atoms with van der Waals surface area (Å²) in [5.74, 6) is -0.193. The molecule has 0 saturated carbocycles. The molecule has 1 unspecified atom stereocenters. The summed E-state index contributed by atoms with van der Waals surface area (Å²) < 4.78 is 1.02. The Bertz CT molecular complexity index is 695. The van der Waals surface area contributed by atoms with Crippen LogP contribution in [0.5, 0.6) is 0 Å². The number of nitrogen functional groups attached to an aromatic ring is 1. The molecule has 1 saturated heterocycles. The maximum atomic E-state index is 12.5. The molecule has 2 amide bonds. The lowest BCUT2D eigenvalue weighted by atomic mass is 10.2. The highest BCUT2D eigenvalue weighted by Gasteiger charge is 2.30. The minimum atomic E-state index is -0.425. The summed E-state index contributed by atoms with van der Waals surface area (Å²) in [5, 5.41) is 3.72. The van der Waals surface area contributed by atoms with Crippen LogP contribution in [0.4, 0.5) is 5.69 Å². The van der Waals surface area contributed by atoms with Gasteiger partial charge in [0.25, 0.3) is 5.91 Å². The Morgan fingerprint density at radius 3 is 3.05 bits per heavy atom. The van der Waals surface area contributed by atoms with Gasteiger partial charge < -0.3 is 16.0 Å². The van der Waals surface area contributed by atoms with Crippen molar-refractivity contribution in [1.29, 1.82) is 0 Å². The minimum absolute atomic E-state index is 0.0906. The molecule has 0 spiro atoms. The van der Waals surface area contributed by atoms with Crippen molar-refractivity contribution in [2.45, 2.75) is 13.0 Å². The van der Waals surface area contributed by atoms with Gasteiger partial charge in [-0.1, -0.05) is 0 Å². The Morgan fingerprint density at radius 1 is 1.45 bits per heavy atom. The second-order valence-corrected chi connectivity index (χ2v) is 5.96. The Balaban J connectivity index is 1.93. The number of nitrogens with two attached hydrogens (primary N) is 1. The molecule has 5 nitrogen and oxygen atoms in total. The van der Waals surface area contributed by atoms with Gasteiger partial charge in [0, 0.05) is 23.5 Å². The number of nitrogens with one attached hydrogen (secondary N) is 1. The van der Waals surface area contributed by atoms with Crippen LogP contribution in [-0.4, -0.2) is 35.8 Å². The van der Waals surface area contributed by atoms with Crippen LogP contribution in [0.1, 0.15) is 16.6 Å². The molecule has 0 bridgehead atoms. The number of hydrogen-bond acceptors (Lipinski definition) is 4. The number of rotatable bonds is 1. The average Bonchev–Trinajstić information content (AvgIpc) is 2.84. The van der Waals surface area contributed by atoms with Crippen molar-refractivity contribution in [2.24, 2.45) is 0 Å². The van der Waals surface area contributed by atoms with Gasteiger partial charge in [0.2, 0.25) is 5.91 Å². The van der Waals surface area contributed by atoms with Crippen molar-refractivity contribution in [2.75, 3.05) is 18.8 Å². The Labute approximate surface area is 120 Å². The van der Waals surface area contributed by atoms with Gasteiger partial charge in [-0.05, 0) is 36.6 Å². The van der Waals surface area contributed by atoms with Crippen LogP contribution in [0.15, 0.2) is 24.3 Å². The molecule has 2 heterocycles. The molecule has 2 aromatic rings. The monoisotopic (exact) mass is 289 g/mol. The molecule has 20 heavy (non-hydrogen) atoms. The van der Waals surface area contributed by atoms with Crippen molar-refractivity contribution >= 4 is 38.9 Å². The maximum absolute atomic E-state index is 12.5. The molecule has 3 rings (SSSR count). The number of carbonyl (C=O) groups is 2. The number of benzene rings is 1. The van der Waals surface area contributed by atoms with Crippen LogP contribution in [0.25, 0.3) is 10.1 Å². The Morgan fingerprint density at radius 2 is 2.25 bits per heavy atom. The van der Waals surface area contributed by atoms with Gasteiger partial charge in [-0.2, -0.15) is 0 Å². The predicted octanol–water partition coefficient (Wildman–Crippen LogP) is 1.44. The first-order valence-corrected chi connectivity index (χ1v) is 7.25. The highest BCUT2D eigenvalue weighted by atomic mass is 32.1. The van der Waals surface area contributed by atoms with E-state index in [-0.39, 0.29) is 11.8 Å². The van der Waals surface area contributed by atoms with Crippen molar-refractivity contribution in [3.63, 3.8) is 0 Å². The summed E-state index contributed by atoms with van der Waals surface area (Å²) in [4.78, 5) is 26.4. The third kappa shape index (κ3) is 2.12. The SMILES string of the molecule is CC1C(=O)NCCN1C(=O)c1cc2cc(N)ccc2s1. The Kier molecular flexibility index (Phi) is 3.10. The Hall–Kier alpha value is -2.08.